The number of nitrogens with zero attached hydrogens (tertiary/aromatic N) is 3. The molecule has 0 unspecified atom stereocenters. The van der Waals surface area contributed by atoms with Crippen molar-refractivity contribution in [1.29, 1.82) is 0 Å². The van der Waals surface area contributed by atoms with E-state index in [9.17, 15) is 9.59 Å². The molecule has 1 aliphatic rings. The first-order chi connectivity index (χ1) is 13.8. The summed E-state index contributed by atoms with van der Waals surface area (Å²) in [5.74, 6) is 0.301. The Balaban J connectivity index is 1.92. The van der Waals surface area contributed by atoms with Crippen LogP contribution in [0.3, 0.4) is 0 Å². The number of rotatable bonds is 5. The van der Waals surface area contributed by atoms with Crippen LogP contribution in [0.5, 0.6) is 0 Å². The normalized spacial score (nSPS) is 15.9. The van der Waals surface area contributed by atoms with E-state index in [1.54, 1.807) is 35.2 Å². The van der Waals surface area contributed by atoms with Crippen molar-refractivity contribution in [2.24, 2.45) is 5.92 Å². The first-order valence-electron chi connectivity index (χ1n) is 10.2. The molecule has 2 heterocycles. The molecule has 2 aromatic rings. The van der Waals surface area contributed by atoms with Gasteiger partial charge in [-0.05, 0) is 47.4 Å². The van der Waals surface area contributed by atoms with Gasteiger partial charge in [0, 0.05) is 32.1 Å². The van der Waals surface area contributed by atoms with Crippen molar-refractivity contribution in [2.75, 3.05) is 33.7 Å². The van der Waals surface area contributed by atoms with E-state index in [2.05, 4.69) is 44.4 Å². The molecule has 1 aromatic carbocycles. The predicted molar refractivity (Wildman–Crippen MR) is 118 cm³/mol. The Morgan fingerprint density at radius 2 is 1.90 bits per heavy atom. The SMILES string of the molecule is Cc1ccccc1[C@@H]1c2ccsc2CCN1C(=O)CN(CC(C)C)C(=O)N(C)C. The maximum Gasteiger partial charge on any atom is 0.319 e. The Labute approximate surface area is 177 Å². The zero-order chi connectivity index (χ0) is 21.1. The molecule has 0 N–H and O–H groups in total. The maximum atomic E-state index is 13.5. The molecule has 1 aliphatic heterocycles. The Bertz CT molecular complexity index is 875. The molecule has 29 heavy (non-hydrogen) atoms. The number of fused-ring (bicyclic) bond motifs is 1. The first kappa shape index (κ1) is 21.4. The Morgan fingerprint density at radius 3 is 2.55 bits per heavy atom. The molecule has 3 amide bonds. The third kappa shape index (κ3) is 4.64. The van der Waals surface area contributed by atoms with Gasteiger partial charge in [-0.1, -0.05) is 38.1 Å². The van der Waals surface area contributed by atoms with E-state index in [1.807, 2.05) is 17.0 Å². The van der Waals surface area contributed by atoms with Crippen molar-refractivity contribution in [3.05, 3.63) is 57.3 Å². The number of benzene rings is 1. The molecule has 0 fully saturated rings. The molecule has 6 heteroatoms. The van der Waals surface area contributed by atoms with Gasteiger partial charge in [-0.3, -0.25) is 4.79 Å². The Kier molecular flexibility index (Phi) is 6.63. The lowest BCUT2D eigenvalue weighted by Crippen LogP contribution is -2.49. The maximum absolute atomic E-state index is 13.5. The monoisotopic (exact) mass is 413 g/mol. The summed E-state index contributed by atoms with van der Waals surface area (Å²) in [6.07, 6.45) is 0.868. The average Bonchev–Trinajstić information content (AvgIpc) is 3.15. The van der Waals surface area contributed by atoms with Crippen LogP contribution in [0.1, 0.15) is 41.5 Å². The zero-order valence-electron chi connectivity index (χ0n) is 18.0. The molecular weight excluding hydrogens is 382 g/mol. The minimum atomic E-state index is -0.118. The van der Waals surface area contributed by atoms with E-state index in [4.69, 9.17) is 0 Å². The van der Waals surface area contributed by atoms with Crippen molar-refractivity contribution in [2.45, 2.75) is 33.2 Å². The summed E-state index contributed by atoms with van der Waals surface area (Å²) in [5, 5.41) is 2.12. The molecule has 0 aliphatic carbocycles. The lowest BCUT2D eigenvalue weighted by Gasteiger charge is -2.38. The second-order valence-corrected chi connectivity index (χ2v) is 9.35. The van der Waals surface area contributed by atoms with Gasteiger partial charge >= 0.3 is 6.03 Å². The van der Waals surface area contributed by atoms with Crippen molar-refractivity contribution >= 4 is 23.3 Å². The second kappa shape index (κ2) is 8.99. The number of hydrogen-bond acceptors (Lipinski definition) is 3. The standard InChI is InChI=1S/C23H31N3O2S/c1-16(2)14-25(23(28)24(4)5)15-21(27)26-12-10-20-19(11-13-29-20)22(26)18-9-7-6-8-17(18)3/h6-9,11,13,16,22H,10,12,14-15H2,1-5H3/t22-/m1/s1. The summed E-state index contributed by atoms with van der Waals surface area (Å²) in [6.45, 7) is 7.58. The molecule has 0 spiro atoms. The zero-order valence-corrected chi connectivity index (χ0v) is 18.8. The summed E-state index contributed by atoms with van der Waals surface area (Å²) in [4.78, 5) is 32.6. The molecule has 1 aromatic heterocycles. The topological polar surface area (TPSA) is 43.9 Å². The van der Waals surface area contributed by atoms with E-state index in [1.165, 1.54) is 16.0 Å². The highest BCUT2D eigenvalue weighted by Gasteiger charge is 2.34. The summed E-state index contributed by atoms with van der Waals surface area (Å²) < 4.78 is 0. The second-order valence-electron chi connectivity index (χ2n) is 8.35. The van der Waals surface area contributed by atoms with Crippen LogP contribution in [0, 0.1) is 12.8 Å². The highest BCUT2D eigenvalue weighted by Crippen LogP contribution is 2.39. The minimum Gasteiger partial charge on any atom is -0.331 e. The highest BCUT2D eigenvalue weighted by molar-refractivity contribution is 7.10. The molecular formula is C23H31N3O2S. The van der Waals surface area contributed by atoms with Crippen molar-refractivity contribution in [1.82, 2.24) is 14.7 Å². The fraction of sp³-hybridized carbons (Fsp3) is 0.478. The van der Waals surface area contributed by atoms with Crippen LogP contribution < -0.4 is 0 Å². The van der Waals surface area contributed by atoms with Crippen LogP contribution in [-0.4, -0.2) is 60.4 Å². The fourth-order valence-electron chi connectivity index (χ4n) is 4.00. The highest BCUT2D eigenvalue weighted by atomic mass is 32.1. The van der Waals surface area contributed by atoms with Gasteiger partial charge in [0.1, 0.15) is 6.54 Å². The van der Waals surface area contributed by atoms with Gasteiger partial charge in [0.25, 0.3) is 0 Å². The largest absolute Gasteiger partial charge is 0.331 e. The van der Waals surface area contributed by atoms with Crippen molar-refractivity contribution in [3.8, 4) is 0 Å². The number of amides is 3. The number of carbonyl (C=O) groups excluding carboxylic acids is 2. The number of urea groups is 1. The van der Waals surface area contributed by atoms with E-state index < -0.39 is 0 Å². The third-order valence-corrected chi connectivity index (χ3v) is 6.33. The number of thiophene rings is 1. The van der Waals surface area contributed by atoms with Gasteiger partial charge in [-0.2, -0.15) is 0 Å². The number of hydrogen-bond donors (Lipinski definition) is 0. The van der Waals surface area contributed by atoms with Gasteiger partial charge in [-0.25, -0.2) is 4.79 Å². The smallest absolute Gasteiger partial charge is 0.319 e. The van der Waals surface area contributed by atoms with E-state index in [0.29, 0.717) is 19.0 Å². The van der Waals surface area contributed by atoms with Gasteiger partial charge in [-0.15, -0.1) is 11.3 Å². The van der Waals surface area contributed by atoms with Gasteiger partial charge in [0.15, 0.2) is 0 Å². The van der Waals surface area contributed by atoms with Crippen LogP contribution in [0.2, 0.25) is 0 Å². The van der Waals surface area contributed by atoms with Crippen LogP contribution in [-0.2, 0) is 11.2 Å². The molecule has 1 atom stereocenters. The molecule has 156 valence electrons. The molecule has 3 rings (SSSR count). The number of aryl methyl sites for hydroxylation is 1. The Morgan fingerprint density at radius 1 is 1.17 bits per heavy atom. The van der Waals surface area contributed by atoms with Gasteiger partial charge in [0.2, 0.25) is 5.91 Å². The Hall–Kier alpha value is -2.34. The van der Waals surface area contributed by atoms with Crippen LogP contribution in [0.4, 0.5) is 4.79 Å². The average molecular weight is 414 g/mol. The number of carbonyl (C=O) groups is 2. The molecule has 5 nitrogen and oxygen atoms in total. The quantitative estimate of drug-likeness (QED) is 0.738. The van der Waals surface area contributed by atoms with E-state index >= 15 is 0 Å². The minimum absolute atomic E-state index is 0.00551. The molecule has 0 saturated carbocycles. The molecule has 0 radical (unpaired) electrons. The van der Waals surface area contributed by atoms with Crippen LogP contribution in [0.15, 0.2) is 35.7 Å². The van der Waals surface area contributed by atoms with E-state index in [-0.39, 0.29) is 24.5 Å². The fourth-order valence-corrected chi connectivity index (χ4v) is 4.91. The van der Waals surface area contributed by atoms with Crippen molar-refractivity contribution < 1.29 is 9.59 Å². The molecule has 0 saturated heterocycles. The lowest BCUT2D eigenvalue weighted by atomic mass is 9.90. The summed E-state index contributed by atoms with van der Waals surface area (Å²) in [5.41, 5.74) is 3.56. The van der Waals surface area contributed by atoms with Gasteiger partial charge in [0.05, 0.1) is 6.04 Å². The summed E-state index contributed by atoms with van der Waals surface area (Å²) in [7, 11) is 3.46. The van der Waals surface area contributed by atoms with Crippen LogP contribution >= 0.6 is 11.3 Å². The summed E-state index contributed by atoms with van der Waals surface area (Å²) >= 11 is 1.77. The van der Waals surface area contributed by atoms with E-state index in [0.717, 1.165) is 12.0 Å². The predicted octanol–water partition coefficient (Wildman–Crippen LogP) is 4.17. The van der Waals surface area contributed by atoms with Crippen molar-refractivity contribution in [3.63, 3.8) is 0 Å². The summed E-state index contributed by atoms with van der Waals surface area (Å²) in [6, 6.07) is 10.2. The van der Waals surface area contributed by atoms with Gasteiger partial charge < -0.3 is 14.7 Å². The lowest BCUT2D eigenvalue weighted by molar-refractivity contribution is -0.134. The van der Waals surface area contributed by atoms with Crippen LogP contribution in [0.25, 0.3) is 0 Å². The third-order valence-electron chi connectivity index (χ3n) is 5.33. The molecule has 0 bridgehead atoms. The first-order valence-corrected chi connectivity index (χ1v) is 11.0.